The molecule has 1 amide bonds. The predicted octanol–water partition coefficient (Wildman–Crippen LogP) is 3.87. The Morgan fingerprint density at radius 2 is 1.69 bits per heavy atom. The molecule has 26 heavy (non-hydrogen) atoms. The molecule has 1 heterocycles. The molecular formula is C20H22F2N2O2. The number of halogens is 2. The third kappa shape index (κ3) is 3.79. The molecule has 0 spiro atoms. The third-order valence-corrected chi connectivity index (χ3v) is 4.82. The smallest absolute Gasteiger partial charge is 0.387 e. The molecule has 4 nitrogen and oxygen atoms in total. The molecule has 2 aromatic rings. The molecule has 138 valence electrons. The summed E-state index contributed by atoms with van der Waals surface area (Å²) in [5.41, 5.74) is 3.83. The molecule has 0 unspecified atom stereocenters. The number of rotatable bonds is 4. The number of ether oxygens (including phenoxy) is 1. The minimum absolute atomic E-state index is 0.0792. The average Bonchev–Trinajstić information content (AvgIpc) is 2.64. The number of para-hydroxylation sites is 1. The van der Waals surface area contributed by atoms with E-state index in [2.05, 4.69) is 35.6 Å². The van der Waals surface area contributed by atoms with Crippen LogP contribution in [-0.2, 0) is 0 Å². The summed E-state index contributed by atoms with van der Waals surface area (Å²) in [6, 6.07) is 12.4. The lowest BCUT2D eigenvalue weighted by atomic mass is 10.1. The van der Waals surface area contributed by atoms with Gasteiger partial charge in [0.1, 0.15) is 5.75 Å². The van der Waals surface area contributed by atoms with Crippen LogP contribution in [-0.4, -0.2) is 43.6 Å². The molecule has 0 radical (unpaired) electrons. The predicted molar refractivity (Wildman–Crippen MR) is 97.1 cm³/mol. The molecule has 1 aliphatic heterocycles. The van der Waals surface area contributed by atoms with E-state index in [0.717, 1.165) is 0 Å². The highest BCUT2D eigenvalue weighted by Crippen LogP contribution is 2.26. The number of amides is 1. The van der Waals surface area contributed by atoms with E-state index in [1.54, 1.807) is 17.0 Å². The van der Waals surface area contributed by atoms with E-state index >= 15 is 0 Å². The Kier molecular flexibility index (Phi) is 5.40. The van der Waals surface area contributed by atoms with E-state index < -0.39 is 6.61 Å². The van der Waals surface area contributed by atoms with Gasteiger partial charge in [-0.2, -0.15) is 8.78 Å². The maximum Gasteiger partial charge on any atom is 0.387 e. The molecule has 6 heteroatoms. The summed E-state index contributed by atoms with van der Waals surface area (Å²) in [6.45, 7) is 3.70. The number of nitrogens with zero attached hydrogens (tertiary/aromatic N) is 2. The van der Waals surface area contributed by atoms with Gasteiger partial charge in [-0.05, 0) is 43.2 Å². The zero-order valence-corrected chi connectivity index (χ0v) is 14.9. The summed E-state index contributed by atoms with van der Waals surface area (Å²) in [6.07, 6.45) is 0. The molecule has 1 aliphatic rings. The highest BCUT2D eigenvalue weighted by molar-refractivity contribution is 5.97. The van der Waals surface area contributed by atoms with Crippen LogP contribution < -0.4 is 9.64 Å². The van der Waals surface area contributed by atoms with Gasteiger partial charge in [-0.15, -0.1) is 0 Å². The Balaban J connectivity index is 1.70. The highest BCUT2D eigenvalue weighted by atomic mass is 19.3. The Morgan fingerprint density at radius 1 is 1.00 bits per heavy atom. The van der Waals surface area contributed by atoms with Crippen molar-refractivity contribution in [2.75, 3.05) is 31.1 Å². The van der Waals surface area contributed by atoms with Crippen LogP contribution in [0, 0.1) is 13.8 Å². The monoisotopic (exact) mass is 360 g/mol. The lowest BCUT2D eigenvalue weighted by Crippen LogP contribution is -2.49. The van der Waals surface area contributed by atoms with Crippen LogP contribution in [0.1, 0.15) is 21.5 Å². The molecule has 0 bridgehead atoms. The molecule has 1 fully saturated rings. The SMILES string of the molecule is Cc1cccc(N2CCN(C(=O)c3ccccc3OC(F)F)CC2)c1C. The molecule has 0 aromatic heterocycles. The number of anilines is 1. The lowest BCUT2D eigenvalue weighted by molar-refractivity contribution is -0.0502. The molecular weight excluding hydrogens is 338 g/mol. The Morgan fingerprint density at radius 3 is 2.38 bits per heavy atom. The van der Waals surface area contributed by atoms with Gasteiger partial charge in [0, 0.05) is 31.9 Å². The van der Waals surface area contributed by atoms with Crippen molar-refractivity contribution in [3.05, 3.63) is 59.2 Å². The van der Waals surface area contributed by atoms with E-state index in [4.69, 9.17) is 0 Å². The van der Waals surface area contributed by atoms with E-state index in [9.17, 15) is 13.6 Å². The van der Waals surface area contributed by atoms with Gasteiger partial charge in [0.2, 0.25) is 0 Å². The van der Waals surface area contributed by atoms with Gasteiger partial charge in [-0.3, -0.25) is 4.79 Å². The van der Waals surface area contributed by atoms with Crippen LogP contribution in [0.25, 0.3) is 0 Å². The Labute approximate surface area is 152 Å². The minimum Gasteiger partial charge on any atom is -0.434 e. The molecule has 3 rings (SSSR count). The van der Waals surface area contributed by atoms with Gasteiger partial charge in [-0.1, -0.05) is 24.3 Å². The second kappa shape index (κ2) is 7.72. The van der Waals surface area contributed by atoms with Gasteiger partial charge >= 0.3 is 6.61 Å². The summed E-state index contributed by atoms with van der Waals surface area (Å²) in [4.78, 5) is 16.7. The number of carbonyl (C=O) groups is 1. The van der Waals surface area contributed by atoms with Crippen LogP contribution in [0.3, 0.4) is 0 Å². The quantitative estimate of drug-likeness (QED) is 0.830. The molecule has 0 atom stereocenters. The fourth-order valence-corrected chi connectivity index (χ4v) is 3.24. The highest BCUT2D eigenvalue weighted by Gasteiger charge is 2.25. The van der Waals surface area contributed by atoms with Crippen LogP contribution in [0.4, 0.5) is 14.5 Å². The van der Waals surface area contributed by atoms with Crippen LogP contribution in [0.5, 0.6) is 5.75 Å². The number of aryl methyl sites for hydroxylation is 1. The van der Waals surface area contributed by atoms with Crippen molar-refractivity contribution in [2.45, 2.75) is 20.5 Å². The fraction of sp³-hybridized carbons (Fsp3) is 0.350. The average molecular weight is 360 g/mol. The van der Waals surface area contributed by atoms with Crippen molar-refractivity contribution in [1.82, 2.24) is 4.90 Å². The van der Waals surface area contributed by atoms with Crippen molar-refractivity contribution < 1.29 is 18.3 Å². The number of alkyl halides is 2. The van der Waals surface area contributed by atoms with Crippen LogP contribution in [0.2, 0.25) is 0 Å². The number of carbonyl (C=O) groups excluding carboxylic acids is 1. The minimum atomic E-state index is -2.95. The van der Waals surface area contributed by atoms with Crippen molar-refractivity contribution in [1.29, 1.82) is 0 Å². The van der Waals surface area contributed by atoms with E-state index in [-0.39, 0.29) is 17.2 Å². The molecule has 1 saturated heterocycles. The van der Waals surface area contributed by atoms with Gasteiger partial charge in [0.05, 0.1) is 5.56 Å². The number of hydrogen-bond donors (Lipinski definition) is 0. The zero-order valence-electron chi connectivity index (χ0n) is 14.9. The van der Waals surface area contributed by atoms with Gasteiger partial charge in [0.25, 0.3) is 5.91 Å². The molecule has 2 aromatic carbocycles. The molecule has 0 N–H and O–H groups in total. The standard InChI is InChI=1S/C20H22F2N2O2/c1-14-6-5-8-17(15(14)2)23-10-12-24(13-11-23)19(25)16-7-3-4-9-18(16)26-20(21)22/h3-9,20H,10-13H2,1-2H3. The first kappa shape index (κ1) is 18.2. The second-order valence-electron chi connectivity index (χ2n) is 6.37. The van der Waals surface area contributed by atoms with Crippen molar-refractivity contribution in [2.24, 2.45) is 0 Å². The topological polar surface area (TPSA) is 32.8 Å². The van der Waals surface area contributed by atoms with E-state index in [1.165, 1.54) is 28.9 Å². The first-order chi connectivity index (χ1) is 12.5. The van der Waals surface area contributed by atoms with Crippen molar-refractivity contribution >= 4 is 11.6 Å². The van der Waals surface area contributed by atoms with Gasteiger partial charge in [-0.25, -0.2) is 0 Å². The summed E-state index contributed by atoms with van der Waals surface area (Å²) in [5.74, 6) is -0.355. The summed E-state index contributed by atoms with van der Waals surface area (Å²) < 4.78 is 29.6. The molecule has 0 saturated carbocycles. The summed E-state index contributed by atoms with van der Waals surface area (Å²) in [7, 11) is 0. The van der Waals surface area contributed by atoms with Crippen molar-refractivity contribution in [3.63, 3.8) is 0 Å². The lowest BCUT2D eigenvalue weighted by Gasteiger charge is -2.37. The maximum atomic E-state index is 12.7. The van der Waals surface area contributed by atoms with E-state index in [1.807, 2.05) is 6.07 Å². The summed E-state index contributed by atoms with van der Waals surface area (Å²) in [5, 5.41) is 0. The van der Waals surface area contributed by atoms with Crippen molar-refractivity contribution in [3.8, 4) is 5.75 Å². The largest absolute Gasteiger partial charge is 0.434 e. The number of benzene rings is 2. The first-order valence-corrected chi connectivity index (χ1v) is 8.61. The third-order valence-electron chi connectivity index (χ3n) is 4.82. The second-order valence-corrected chi connectivity index (χ2v) is 6.37. The van der Waals surface area contributed by atoms with Crippen LogP contribution >= 0.6 is 0 Å². The maximum absolute atomic E-state index is 12.7. The number of hydrogen-bond acceptors (Lipinski definition) is 3. The van der Waals surface area contributed by atoms with E-state index in [0.29, 0.717) is 26.2 Å². The zero-order chi connectivity index (χ0) is 18.7. The summed E-state index contributed by atoms with van der Waals surface area (Å²) >= 11 is 0. The Hall–Kier alpha value is -2.63. The first-order valence-electron chi connectivity index (χ1n) is 8.61. The Bertz CT molecular complexity index is 787. The number of piperazine rings is 1. The normalized spacial score (nSPS) is 14.7. The van der Waals surface area contributed by atoms with Gasteiger partial charge in [0.15, 0.2) is 0 Å². The molecule has 0 aliphatic carbocycles. The van der Waals surface area contributed by atoms with Gasteiger partial charge < -0.3 is 14.5 Å². The fourth-order valence-electron chi connectivity index (χ4n) is 3.24. The van der Waals surface area contributed by atoms with Crippen LogP contribution in [0.15, 0.2) is 42.5 Å².